The third kappa shape index (κ3) is 3.06. The van der Waals surface area contributed by atoms with Crippen molar-refractivity contribution in [1.82, 2.24) is 5.32 Å². The van der Waals surface area contributed by atoms with Crippen molar-refractivity contribution in [2.75, 3.05) is 6.54 Å². The second-order valence-electron chi connectivity index (χ2n) is 2.93. The van der Waals surface area contributed by atoms with E-state index in [1.807, 2.05) is 0 Å². The van der Waals surface area contributed by atoms with Crippen LogP contribution in [0, 0.1) is 5.82 Å². The Morgan fingerprint density at radius 3 is 3.00 bits per heavy atom. The number of nitrogens with one attached hydrogen (secondary N) is 1. The van der Waals surface area contributed by atoms with Gasteiger partial charge in [-0.05, 0) is 18.6 Å². The highest BCUT2D eigenvalue weighted by Gasteiger charge is 2.12. The highest BCUT2D eigenvalue weighted by atomic mass is 35.5. The zero-order valence-corrected chi connectivity index (χ0v) is 8.85. The van der Waals surface area contributed by atoms with Gasteiger partial charge in [0.05, 0.1) is 10.6 Å². The van der Waals surface area contributed by atoms with Crippen LogP contribution in [0.5, 0.6) is 0 Å². The summed E-state index contributed by atoms with van der Waals surface area (Å²) in [5, 5.41) is 2.51. The van der Waals surface area contributed by atoms with Crippen LogP contribution in [0.25, 0.3) is 0 Å². The molecule has 0 radical (unpaired) electrons. The van der Waals surface area contributed by atoms with Gasteiger partial charge in [-0.3, -0.25) is 4.79 Å². The van der Waals surface area contributed by atoms with Crippen molar-refractivity contribution in [2.45, 2.75) is 6.42 Å². The molecule has 0 saturated heterocycles. The molecule has 0 saturated carbocycles. The number of halogens is 2. The van der Waals surface area contributed by atoms with Gasteiger partial charge in [0.25, 0.3) is 5.91 Å². The van der Waals surface area contributed by atoms with E-state index in [1.54, 1.807) is 6.08 Å². The van der Waals surface area contributed by atoms with E-state index in [1.165, 1.54) is 18.2 Å². The van der Waals surface area contributed by atoms with Crippen molar-refractivity contribution < 1.29 is 9.18 Å². The van der Waals surface area contributed by atoms with Crippen LogP contribution >= 0.6 is 11.6 Å². The Morgan fingerprint density at radius 2 is 2.33 bits per heavy atom. The molecule has 1 rings (SSSR count). The molecular weight excluding hydrogens is 217 g/mol. The van der Waals surface area contributed by atoms with Gasteiger partial charge in [-0.1, -0.05) is 23.7 Å². The van der Waals surface area contributed by atoms with Gasteiger partial charge >= 0.3 is 0 Å². The highest BCUT2D eigenvalue weighted by molar-refractivity contribution is 6.31. The molecule has 0 spiro atoms. The number of benzene rings is 1. The normalized spacial score (nSPS) is 9.73. The maximum absolute atomic E-state index is 13.3. The lowest BCUT2D eigenvalue weighted by atomic mass is 10.2. The molecule has 0 aromatic heterocycles. The summed E-state index contributed by atoms with van der Waals surface area (Å²) in [5.41, 5.74) is -0.0356. The summed E-state index contributed by atoms with van der Waals surface area (Å²) in [6, 6.07) is 4.33. The quantitative estimate of drug-likeness (QED) is 0.622. The van der Waals surface area contributed by atoms with E-state index in [-0.39, 0.29) is 10.6 Å². The Hall–Kier alpha value is -1.35. The Labute approximate surface area is 92.7 Å². The molecule has 4 heteroatoms. The number of amides is 1. The van der Waals surface area contributed by atoms with Crippen LogP contribution in [0.4, 0.5) is 4.39 Å². The van der Waals surface area contributed by atoms with Crippen LogP contribution in [0.2, 0.25) is 5.02 Å². The first kappa shape index (κ1) is 11.7. The Bertz CT molecular complexity index is 379. The van der Waals surface area contributed by atoms with Crippen LogP contribution < -0.4 is 5.32 Å². The summed E-state index contributed by atoms with van der Waals surface area (Å²) in [7, 11) is 0. The molecule has 1 amide bonds. The minimum Gasteiger partial charge on any atom is -0.352 e. The molecule has 0 unspecified atom stereocenters. The molecule has 1 aromatic rings. The molecule has 0 bridgehead atoms. The predicted molar refractivity (Wildman–Crippen MR) is 58.6 cm³/mol. The van der Waals surface area contributed by atoms with E-state index in [0.29, 0.717) is 13.0 Å². The lowest BCUT2D eigenvalue weighted by Crippen LogP contribution is -2.25. The van der Waals surface area contributed by atoms with Crippen molar-refractivity contribution in [3.8, 4) is 0 Å². The second-order valence-corrected chi connectivity index (χ2v) is 3.34. The second kappa shape index (κ2) is 5.51. The number of rotatable bonds is 4. The van der Waals surface area contributed by atoms with Gasteiger partial charge in [0.1, 0.15) is 0 Å². The van der Waals surface area contributed by atoms with Crippen LogP contribution in [0.3, 0.4) is 0 Å². The fourth-order valence-corrected chi connectivity index (χ4v) is 1.24. The molecule has 0 heterocycles. The van der Waals surface area contributed by atoms with E-state index in [2.05, 4.69) is 11.9 Å². The zero-order chi connectivity index (χ0) is 11.3. The van der Waals surface area contributed by atoms with Crippen molar-refractivity contribution in [3.63, 3.8) is 0 Å². The summed E-state index contributed by atoms with van der Waals surface area (Å²) in [6.07, 6.45) is 2.32. The molecule has 0 aliphatic rings. The molecular formula is C11H11ClFNO. The van der Waals surface area contributed by atoms with Gasteiger partial charge in [-0.15, -0.1) is 6.58 Å². The summed E-state index contributed by atoms with van der Waals surface area (Å²) in [4.78, 5) is 11.4. The first-order chi connectivity index (χ1) is 7.16. The van der Waals surface area contributed by atoms with Crippen molar-refractivity contribution in [1.29, 1.82) is 0 Å². The number of carbonyl (C=O) groups is 1. The molecule has 2 nitrogen and oxygen atoms in total. The third-order valence-electron chi connectivity index (χ3n) is 1.83. The molecule has 0 aliphatic heterocycles. The van der Waals surface area contributed by atoms with Gasteiger partial charge in [-0.25, -0.2) is 4.39 Å². The summed E-state index contributed by atoms with van der Waals surface area (Å²) < 4.78 is 13.3. The van der Waals surface area contributed by atoms with Gasteiger partial charge in [0.15, 0.2) is 5.82 Å². The van der Waals surface area contributed by atoms with Crippen LogP contribution in [0.15, 0.2) is 30.9 Å². The molecule has 1 N–H and O–H groups in total. The number of hydrogen-bond acceptors (Lipinski definition) is 1. The monoisotopic (exact) mass is 227 g/mol. The summed E-state index contributed by atoms with van der Waals surface area (Å²) in [5.74, 6) is -1.15. The van der Waals surface area contributed by atoms with Crippen molar-refractivity contribution >= 4 is 17.5 Å². The van der Waals surface area contributed by atoms with Gasteiger partial charge in [-0.2, -0.15) is 0 Å². The zero-order valence-electron chi connectivity index (χ0n) is 8.09. The molecule has 0 aliphatic carbocycles. The van der Waals surface area contributed by atoms with Crippen molar-refractivity contribution in [3.05, 3.63) is 47.3 Å². The van der Waals surface area contributed by atoms with Crippen molar-refractivity contribution in [2.24, 2.45) is 0 Å². The molecule has 15 heavy (non-hydrogen) atoms. The number of carbonyl (C=O) groups excluding carboxylic acids is 1. The third-order valence-corrected chi connectivity index (χ3v) is 2.12. The van der Waals surface area contributed by atoms with Gasteiger partial charge < -0.3 is 5.32 Å². The Kier molecular flexibility index (Phi) is 4.31. The van der Waals surface area contributed by atoms with Gasteiger partial charge in [0, 0.05) is 6.54 Å². The Morgan fingerprint density at radius 1 is 1.60 bits per heavy atom. The first-order valence-electron chi connectivity index (χ1n) is 4.50. The maximum atomic E-state index is 13.3. The fourth-order valence-electron chi connectivity index (χ4n) is 1.06. The molecule has 0 fully saturated rings. The molecule has 0 atom stereocenters. The van der Waals surface area contributed by atoms with Gasteiger partial charge in [0.2, 0.25) is 0 Å². The van der Waals surface area contributed by atoms with E-state index < -0.39 is 11.7 Å². The smallest absolute Gasteiger partial charge is 0.254 e. The van der Waals surface area contributed by atoms with E-state index >= 15 is 0 Å². The fraction of sp³-hybridized carbons (Fsp3) is 0.182. The van der Waals surface area contributed by atoms with E-state index in [0.717, 1.165) is 0 Å². The largest absolute Gasteiger partial charge is 0.352 e. The topological polar surface area (TPSA) is 29.1 Å². The highest BCUT2D eigenvalue weighted by Crippen LogP contribution is 2.17. The predicted octanol–water partition coefficient (Wildman–Crippen LogP) is 2.79. The average Bonchev–Trinajstić information content (AvgIpc) is 2.22. The van der Waals surface area contributed by atoms with Crippen LogP contribution in [0.1, 0.15) is 16.8 Å². The summed E-state index contributed by atoms with van der Waals surface area (Å²) in [6.45, 7) is 3.95. The van der Waals surface area contributed by atoms with Crippen LogP contribution in [-0.2, 0) is 0 Å². The van der Waals surface area contributed by atoms with E-state index in [4.69, 9.17) is 11.6 Å². The maximum Gasteiger partial charge on any atom is 0.254 e. The standard InChI is InChI=1S/C11H11ClFNO/c1-2-3-7-14-11(15)8-5-4-6-9(12)10(8)13/h2,4-6H,1,3,7H2,(H,14,15). The lowest BCUT2D eigenvalue weighted by molar-refractivity contribution is 0.0950. The molecule has 1 aromatic carbocycles. The minimum absolute atomic E-state index is 0.0356. The average molecular weight is 228 g/mol. The van der Waals surface area contributed by atoms with E-state index in [9.17, 15) is 9.18 Å². The number of hydrogen-bond donors (Lipinski definition) is 1. The Balaban J connectivity index is 2.73. The summed E-state index contributed by atoms with van der Waals surface area (Å²) >= 11 is 5.55. The van der Waals surface area contributed by atoms with Crippen LogP contribution in [-0.4, -0.2) is 12.5 Å². The minimum atomic E-state index is -0.685. The lowest BCUT2D eigenvalue weighted by Gasteiger charge is -2.05. The SMILES string of the molecule is C=CCCNC(=O)c1cccc(Cl)c1F. The molecule has 80 valence electrons. The first-order valence-corrected chi connectivity index (χ1v) is 4.87.